The van der Waals surface area contributed by atoms with Crippen LogP contribution in [0.5, 0.6) is 0 Å². The Labute approximate surface area is 136 Å². The minimum absolute atomic E-state index is 0.00982. The minimum atomic E-state index is -3.28. The number of furan rings is 1. The van der Waals surface area contributed by atoms with E-state index >= 15 is 0 Å². The van der Waals surface area contributed by atoms with E-state index in [1.165, 1.54) is 0 Å². The number of sulfone groups is 1. The van der Waals surface area contributed by atoms with Gasteiger partial charge in [0.2, 0.25) is 0 Å². The van der Waals surface area contributed by atoms with Crippen LogP contribution in [0.3, 0.4) is 0 Å². The third kappa shape index (κ3) is 5.45. The van der Waals surface area contributed by atoms with Gasteiger partial charge in [0.05, 0.1) is 16.9 Å². The molecular weight excluding hydrogens is 314 g/mol. The van der Waals surface area contributed by atoms with Gasteiger partial charge >= 0.3 is 0 Å². The highest BCUT2D eigenvalue weighted by Crippen LogP contribution is 2.09. The van der Waals surface area contributed by atoms with Crippen LogP contribution in [0.4, 0.5) is 0 Å². The van der Waals surface area contributed by atoms with Crippen molar-refractivity contribution < 1.29 is 12.8 Å². The van der Waals surface area contributed by atoms with E-state index in [0.717, 1.165) is 12.2 Å². The highest BCUT2D eigenvalue weighted by Gasteiger charge is 2.13. The molecule has 0 aliphatic heterocycles. The van der Waals surface area contributed by atoms with Gasteiger partial charge in [-0.3, -0.25) is 4.99 Å². The lowest BCUT2D eigenvalue weighted by Gasteiger charge is -2.11. The normalized spacial score (nSPS) is 12.1. The average Bonchev–Trinajstić information content (AvgIpc) is 3.07. The first-order valence-corrected chi connectivity index (χ1v) is 9.02. The summed E-state index contributed by atoms with van der Waals surface area (Å²) in [6.07, 6.45) is 2.37. The first kappa shape index (κ1) is 17.1. The van der Waals surface area contributed by atoms with Crippen molar-refractivity contribution in [2.75, 3.05) is 25.9 Å². The molecule has 0 aliphatic rings. The van der Waals surface area contributed by atoms with Crippen LogP contribution in [0.25, 0.3) is 0 Å². The molecule has 0 aliphatic carbocycles. The molecule has 0 radical (unpaired) electrons. The number of nitrogens with one attached hydrogen (secondary N) is 2. The fourth-order valence-corrected chi connectivity index (χ4v) is 3.21. The van der Waals surface area contributed by atoms with Crippen molar-refractivity contribution in [1.29, 1.82) is 0 Å². The monoisotopic (exact) mass is 335 g/mol. The fourth-order valence-electron chi connectivity index (χ4n) is 2.03. The van der Waals surface area contributed by atoms with Gasteiger partial charge in [0.15, 0.2) is 15.8 Å². The lowest BCUT2D eigenvalue weighted by atomic mass is 10.3. The van der Waals surface area contributed by atoms with Gasteiger partial charge in [-0.15, -0.1) is 0 Å². The first-order chi connectivity index (χ1) is 11.1. The van der Waals surface area contributed by atoms with Gasteiger partial charge in [0.1, 0.15) is 5.76 Å². The van der Waals surface area contributed by atoms with Crippen molar-refractivity contribution in [2.24, 2.45) is 4.99 Å². The van der Waals surface area contributed by atoms with Crippen LogP contribution in [-0.2, 0) is 16.3 Å². The zero-order chi connectivity index (χ0) is 16.5. The molecule has 0 fully saturated rings. The van der Waals surface area contributed by atoms with Crippen LogP contribution >= 0.6 is 0 Å². The van der Waals surface area contributed by atoms with E-state index in [1.54, 1.807) is 43.6 Å². The SMILES string of the molecule is CN=C(NCCc1ccco1)NCCS(=O)(=O)c1ccccc1. The third-order valence-electron chi connectivity index (χ3n) is 3.23. The standard InChI is InChI=1S/C16H21N3O3S/c1-17-16(18-10-9-14-6-5-12-22-14)19-11-13-23(20,21)15-7-3-2-4-8-15/h2-8,12H,9-11,13H2,1H3,(H2,17,18,19). The predicted molar refractivity (Wildman–Crippen MR) is 90.3 cm³/mol. The van der Waals surface area contributed by atoms with Gasteiger partial charge in [-0.1, -0.05) is 18.2 Å². The Hall–Kier alpha value is -2.28. The number of hydrogen-bond donors (Lipinski definition) is 2. The Bertz CT molecular complexity index is 710. The summed E-state index contributed by atoms with van der Waals surface area (Å²) in [6.45, 7) is 0.941. The molecule has 2 aromatic rings. The van der Waals surface area contributed by atoms with Crippen LogP contribution in [-0.4, -0.2) is 40.3 Å². The van der Waals surface area contributed by atoms with Crippen LogP contribution in [0.1, 0.15) is 5.76 Å². The molecule has 0 unspecified atom stereocenters. The number of nitrogens with zero attached hydrogens (tertiary/aromatic N) is 1. The zero-order valence-electron chi connectivity index (χ0n) is 13.0. The topological polar surface area (TPSA) is 83.7 Å². The summed E-state index contributed by atoms with van der Waals surface area (Å²) in [5, 5.41) is 6.12. The molecule has 0 spiro atoms. The van der Waals surface area contributed by atoms with Gasteiger partial charge in [0, 0.05) is 26.6 Å². The second-order valence-corrected chi connectivity index (χ2v) is 7.00. The van der Waals surface area contributed by atoms with Gasteiger partial charge in [0.25, 0.3) is 0 Å². The second-order valence-electron chi connectivity index (χ2n) is 4.89. The molecule has 124 valence electrons. The lowest BCUT2D eigenvalue weighted by Crippen LogP contribution is -2.40. The van der Waals surface area contributed by atoms with E-state index in [2.05, 4.69) is 15.6 Å². The minimum Gasteiger partial charge on any atom is -0.469 e. The molecule has 0 bridgehead atoms. The maximum atomic E-state index is 12.2. The molecule has 2 N–H and O–H groups in total. The Morgan fingerprint density at radius 1 is 1.09 bits per heavy atom. The molecule has 1 aromatic heterocycles. The second kappa shape index (κ2) is 8.38. The van der Waals surface area contributed by atoms with Gasteiger partial charge in [-0.05, 0) is 24.3 Å². The van der Waals surface area contributed by atoms with Gasteiger partial charge in [-0.25, -0.2) is 8.42 Å². The Morgan fingerprint density at radius 2 is 1.83 bits per heavy atom. The van der Waals surface area contributed by atoms with E-state index < -0.39 is 9.84 Å². The molecule has 0 atom stereocenters. The fraction of sp³-hybridized carbons (Fsp3) is 0.312. The van der Waals surface area contributed by atoms with E-state index in [9.17, 15) is 8.42 Å². The van der Waals surface area contributed by atoms with Gasteiger partial charge < -0.3 is 15.1 Å². The molecule has 1 heterocycles. The average molecular weight is 335 g/mol. The van der Waals surface area contributed by atoms with E-state index in [4.69, 9.17) is 4.42 Å². The Kier molecular flexibility index (Phi) is 6.22. The summed E-state index contributed by atoms with van der Waals surface area (Å²) in [6, 6.07) is 12.2. The number of aliphatic imine (C=N–C) groups is 1. The van der Waals surface area contributed by atoms with Gasteiger partial charge in [-0.2, -0.15) is 0 Å². The summed E-state index contributed by atoms with van der Waals surface area (Å²) < 4.78 is 29.6. The number of benzene rings is 1. The molecular formula is C16H21N3O3S. The molecule has 23 heavy (non-hydrogen) atoms. The van der Waals surface area contributed by atoms with E-state index in [-0.39, 0.29) is 12.3 Å². The van der Waals surface area contributed by atoms with Crippen LogP contribution in [0.15, 0.2) is 63.0 Å². The number of hydrogen-bond acceptors (Lipinski definition) is 4. The van der Waals surface area contributed by atoms with Crippen molar-refractivity contribution in [3.05, 3.63) is 54.5 Å². The van der Waals surface area contributed by atoms with Crippen LogP contribution in [0.2, 0.25) is 0 Å². The molecule has 6 nitrogen and oxygen atoms in total. The van der Waals surface area contributed by atoms with E-state index in [1.807, 2.05) is 12.1 Å². The zero-order valence-corrected chi connectivity index (χ0v) is 13.8. The maximum Gasteiger partial charge on any atom is 0.191 e. The van der Waals surface area contributed by atoms with Crippen molar-refractivity contribution >= 4 is 15.8 Å². The summed E-state index contributed by atoms with van der Waals surface area (Å²) in [7, 11) is -1.63. The summed E-state index contributed by atoms with van der Waals surface area (Å²) in [5.41, 5.74) is 0. The summed E-state index contributed by atoms with van der Waals surface area (Å²) in [5.74, 6) is 1.47. The quantitative estimate of drug-likeness (QED) is 0.591. The number of rotatable bonds is 7. The smallest absolute Gasteiger partial charge is 0.191 e. The molecule has 2 rings (SSSR count). The summed E-state index contributed by atoms with van der Waals surface area (Å²) in [4.78, 5) is 4.40. The van der Waals surface area contributed by atoms with Crippen molar-refractivity contribution in [3.8, 4) is 0 Å². The van der Waals surface area contributed by atoms with Crippen molar-refractivity contribution in [1.82, 2.24) is 10.6 Å². The van der Waals surface area contributed by atoms with E-state index in [0.29, 0.717) is 17.4 Å². The predicted octanol–water partition coefficient (Wildman–Crippen LogP) is 1.46. The lowest BCUT2D eigenvalue weighted by molar-refractivity contribution is 0.507. The van der Waals surface area contributed by atoms with Crippen molar-refractivity contribution in [3.63, 3.8) is 0 Å². The summed E-state index contributed by atoms with van der Waals surface area (Å²) >= 11 is 0. The third-order valence-corrected chi connectivity index (χ3v) is 4.97. The highest BCUT2D eigenvalue weighted by molar-refractivity contribution is 7.91. The highest BCUT2D eigenvalue weighted by atomic mass is 32.2. The largest absolute Gasteiger partial charge is 0.469 e. The molecule has 1 aromatic carbocycles. The molecule has 0 amide bonds. The van der Waals surface area contributed by atoms with Crippen LogP contribution in [0, 0.1) is 0 Å². The van der Waals surface area contributed by atoms with Crippen LogP contribution < -0.4 is 10.6 Å². The molecule has 0 saturated carbocycles. The maximum absolute atomic E-state index is 12.2. The molecule has 7 heteroatoms. The Morgan fingerprint density at radius 3 is 2.48 bits per heavy atom. The molecule has 0 saturated heterocycles. The number of guanidine groups is 1. The first-order valence-electron chi connectivity index (χ1n) is 7.36. The van der Waals surface area contributed by atoms with Crippen molar-refractivity contribution in [2.45, 2.75) is 11.3 Å². The Balaban J connectivity index is 1.75.